The average Bonchev–Trinajstić information content (AvgIpc) is 2.59. The first-order chi connectivity index (χ1) is 11.6. The summed E-state index contributed by atoms with van der Waals surface area (Å²) in [5, 5.41) is 3.10. The first-order valence-corrected chi connectivity index (χ1v) is 8.48. The van der Waals surface area contributed by atoms with Crippen LogP contribution in [0.15, 0.2) is 18.2 Å². The Hall–Kier alpha value is -1.79. The highest BCUT2D eigenvalue weighted by Gasteiger charge is 2.33. The van der Waals surface area contributed by atoms with Crippen LogP contribution in [0.1, 0.15) is 23.2 Å². The normalized spacial score (nSPS) is 19.1. The highest BCUT2D eigenvalue weighted by Crippen LogP contribution is 2.32. The van der Waals surface area contributed by atoms with E-state index >= 15 is 0 Å². The zero-order chi connectivity index (χ0) is 17.0. The minimum atomic E-state index is -0.0726. The van der Waals surface area contributed by atoms with Gasteiger partial charge in [0.25, 0.3) is 5.91 Å². The van der Waals surface area contributed by atoms with Crippen molar-refractivity contribution in [3.8, 4) is 11.5 Å². The molecular formula is C18H26N2O4. The Bertz CT molecular complexity index is 582. The summed E-state index contributed by atoms with van der Waals surface area (Å²) >= 11 is 0. The van der Waals surface area contributed by atoms with E-state index in [1.54, 1.807) is 18.2 Å². The van der Waals surface area contributed by atoms with Gasteiger partial charge >= 0.3 is 0 Å². The van der Waals surface area contributed by atoms with Crippen molar-refractivity contribution >= 4 is 5.91 Å². The molecule has 0 saturated carbocycles. The number of carbonyl (C=O) groups excluding carboxylic acids is 1. The predicted octanol–water partition coefficient (Wildman–Crippen LogP) is 1.55. The SMILES string of the molecule is CN(C)CC1(CNC(=O)c2ccc3c(c2)OCCO3)CCOCC1. The number of fused-ring (bicyclic) bond motifs is 1. The van der Waals surface area contributed by atoms with Crippen LogP contribution in [-0.2, 0) is 4.74 Å². The Labute approximate surface area is 143 Å². The second-order valence-corrected chi connectivity index (χ2v) is 6.89. The van der Waals surface area contributed by atoms with Crippen LogP contribution in [0.3, 0.4) is 0 Å². The number of nitrogens with zero attached hydrogens (tertiary/aromatic N) is 1. The molecular weight excluding hydrogens is 308 g/mol. The molecule has 1 aromatic rings. The molecule has 0 radical (unpaired) electrons. The van der Waals surface area contributed by atoms with Gasteiger partial charge in [0.2, 0.25) is 0 Å². The van der Waals surface area contributed by atoms with Crippen LogP contribution in [0.4, 0.5) is 0 Å². The highest BCUT2D eigenvalue weighted by molar-refractivity contribution is 5.94. The lowest BCUT2D eigenvalue weighted by Crippen LogP contribution is -2.47. The molecule has 132 valence electrons. The smallest absolute Gasteiger partial charge is 0.251 e. The minimum Gasteiger partial charge on any atom is -0.486 e. The van der Waals surface area contributed by atoms with Crippen LogP contribution >= 0.6 is 0 Å². The number of nitrogens with one attached hydrogen (secondary N) is 1. The number of hydrogen-bond acceptors (Lipinski definition) is 5. The number of hydrogen-bond donors (Lipinski definition) is 1. The largest absolute Gasteiger partial charge is 0.486 e. The predicted molar refractivity (Wildman–Crippen MR) is 90.8 cm³/mol. The fraction of sp³-hybridized carbons (Fsp3) is 0.611. The van der Waals surface area contributed by atoms with Crippen LogP contribution < -0.4 is 14.8 Å². The zero-order valence-corrected chi connectivity index (χ0v) is 14.5. The molecule has 0 atom stereocenters. The van der Waals surface area contributed by atoms with Gasteiger partial charge in [-0.05, 0) is 45.1 Å². The van der Waals surface area contributed by atoms with E-state index in [-0.39, 0.29) is 11.3 Å². The van der Waals surface area contributed by atoms with Crippen molar-refractivity contribution in [1.82, 2.24) is 10.2 Å². The van der Waals surface area contributed by atoms with Gasteiger partial charge < -0.3 is 24.4 Å². The van der Waals surface area contributed by atoms with Gasteiger partial charge in [-0.15, -0.1) is 0 Å². The van der Waals surface area contributed by atoms with Gasteiger partial charge in [-0.3, -0.25) is 4.79 Å². The number of benzene rings is 1. The van der Waals surface area contributed by atoms with E-state index in [1.165, 1.54) is 0 Å². The molecule has 2 aliphatic rings. The maximum atomic E-state index is 12.5. The van der Waals surface area contributed by atoms with Gasteiger partial charge in [0.05, 0.1) is 0 Å². The summed E-state index contributed by atoms with van der Waals surface area (Å²) in [5.74, 6) is 1.27. The van der Waals surface area contributed by atoms with E-state index in [2.05, 4.69) is 24.3 Å². The van der Waals surface area contributed by atoms with Crippen molar-refractivity contribution in [3.63, 3.8) is 0 Å². The van der Waals surface area contributed by atoms with Gasteiger partial charge in [-0.25, -0.2) is 0 Å². The molecule has 2 heterocycles. The van der Waals surface area contributed by atoms with E-state index in [4.69, 9.17) is 14.2 Å². The lowest BCUT2D eigenvalue weighted by molar-refractivity contribution is 0.00285. The van der Waals surface area contributed by atoms with Crippen LogP contribution in [-0.4, -0.2) is 64.4 Å². The summed E-state index contributed by atoms with van der Waals surface area (Å²) in [6.07, 6.45) is 1.93. The van der Waals surface area contributed by atoms with Crippen molar-refractivity contribution in [2.45, 2.75) is 12.8 Å². The molecule has 1 saturated heterocycles. The molecule has 0 unspecified atom stereocenters. The van der Waals surface area contributed by atoms with E-state index in [9.17, 15) is 4.79 Å². The molecule has 1 amide bonds. The van der Waals surface area contributed by atoms with Crippen molar-refractivity contribution < 1.29 is 19.0 Å². The van der Waals surface area contributed by atoms with Crippen LogP contribution in [0.25, 0.3) is 0 Å². The molecule has 1 aromatic carbocycles. The lowest BCUT2D eigenvalue weighted by atomic mass is 9.79. The third-order valence-corrected chi connectivity index (χ3v) is 4.63. The molecule has 3 rings (SSSR count). The van der Waals surface area contributed by atoms with Gasteiger partial charge in [0.15, 0.2) is 11.5 Å². The van der Waals surface area contributed by atoms with Gasteiger partial charge in [-0.2, -0.15) is 0 Å². The molecule has 0 spiro atoms. The van der Waals surface area contributed by atoms with E-state index in [0.29, 0.717) is 36.8 Å². The Morgan fingerprint density at radius 2 is 1.83 bits per heavy atom. The molecule has 6 heteroatoms. The van der Waals surface area contributed by atoms with Gasteiger partial charge in [0, 0.05) is 37.3 Å². The topological polar surface area (TPSA) is 60.0 Å². The standard InChI is InChI=1S/C18H26N2O4/c1-20(2)13-18(5-7-22-8-6-18)12-19-17(21)14-3-4-15-16(11-14)24-10-9-23-15/h3-4,11H,5-10,12-13H2,1-2H3,(H,19,21). The zero-order valence-electron chi connectivity index (χ0n) is 14.5. The number of amides is 1. The first-order valence-electron chi connectivity index (χ1n) is 8.48. The first kappa shape index (κ1) is 17.0. The number of carbonyl (C=O) groups is 1. The molecule has 6 nitrogen and oxygen atoms in total. The average molecular weight is 334 g/mol. The molecule has 1 fully saturated rings. The van der Waals surface area contributed by atoms with Crippen LogP contribution in [0, 0.1) is 5.41 Å². The Morgan fingerprint density at radius 1 is 1.12 bits per heavy atom. The van der Waals surface area contributed by atoms with Crippen molar-refractivity contribution in [2.75, 3.05) is 53.6 Å². The Kier molecular flexibility index (Phi) is 5.26. The molecule has 0 aromatic heterocycles. The molecule has 0 aliphatic carbocycles. The van der Waals surface area contributed by atoms with Crippen LogP contribution in [0.2, 0.25) is 0 Å². The lowest BCUT2D eigenvalue weighted by Gasteiger charge is -2.39. The molecule has 2 aliphatic heterocycles. The molecule has 0 bridgehead atoms. The maximum absolute atomic E-state index is 12.5. The van der Waals surface area contributed by atoms with Crippen molar-refractivity contribution in [3.05, 3.63) is 23.8 Å². The second-order valence-electron chi connectivity index (χ2n) is 6.89. The minimum absolute atomic E-state index is 0.0726. The second kappa shape index (κ2) is 7.40. The van der Waals surface area contributed by atoms with E-state index in [0.717, 1.165) is 32.6 Å². The summed E-state index contributed by atoms with van der Waals surface area (Å²) in [7, 11) is 4.14. The molecule has 1 N–H and O–H groups in total. The fourth-order valence-electron chi connectivity index (χ4n) is 3.42. The molecule has 24 heavy (non-hydrogen) atoms. The third kappa shape index (κ3) is 3.99. The van der Waals surface area contributed by atoms with Crippen molar-refractivity contribution in [2.24, 2.45) is 5.41 Å². The summed E-state index contributed by atoms with van der Waals surface area (Å²) < 4.78 is 16.5. The number of rotatable bonds is 5. The van der Waals surface area contributed by atoms with Crippen LogP contribution in [0.5, 0.6) is 11.5 Å². The summed E-state index contributed by atoms with van der Waals surface area (Å²) in [6.45, 7) is 4.18. The van der Waals surface area contributed by atoms with E-state index < -0.39 is 0 Å². The third-order valence-electron chi connectivity index (χ3n) is 4.63. The summed E-state index contributed by atoms with van der Waals surface area (Å²) in [5.41, 5.74) is 0.678. The summed E-state index contributed by atoms with van der Waals surface area (Å²) in [6, 6.07) is 5.34. The Balaban J connectivity index is 1.65. The number of ether oxygens (including phenoxy) is 3. The fourth-order valence-corrected chi connectivity index (χ4v) is 3.42. The summed E-state index contributed by atoms with van der Waals surface area (Å²) in [4.78, 5) is 14.7. The van der Waals surface area contributed by atoms with E-state index in [1.807, 2.05) is 0 Å². The quantitative estimate of drug-likeness (QED) is 0.885. The monoisotopic (exact) mass is 334 g/mol. The Morgan fingerprint density at radius 3 is 2.54 bits per heavy atom. The highest BCUT2D eigenvalue weighted by atomic mass is 16.6. The van der Waals surface area contributed by atoms with Gasteiger partial charge in [0.1, 0.15) is 13.2 Å². The van der Waals surface area contributed by atoms with Gasteiger partial charge in [-0.1, -0.05) is 0 Å². The maximum Gasteiger partial charge on any atom is 0.251 e. The van der Waals surface area contributed by atoms with Crippen molar-refractivity contribution in [1.29, 1.82) is 0 Å².